The van der Waals surface area contributed by atoms with Gasteiger partial charge in [-0.15, -0.1) is 0 Å². The standard InChI is InChI=1S/C27H32N6O5/c1-16-12-13-29-20(15-16)30-24(34)18-10-8-17(9-11-18)21-22(25(35)36)33(28-5)23(31-21)19-7-6-14-32(19)26(37)38-27(2,3)4/h8-13,15,19,28H,6-7,14H2,1-5H3,(H,35,36)(H,29,30,34). The van der Waals surface area contributed by atoms with Crippen molar-refractivity contribution in [3.8, 4) is 11.3 Å². The lowest BCUT2D eigenvalue weighted by Gasteiger charge is -2.28. The van der Waals surface area contributed by atoms with Crippen LogP contribution in [0, 0.1) is 6.92 Å². The Bertz CT molecular complexity index is 1360. The molecule has 0 aliphatic carbocycles. The minimum atomic E-state index is -1.18. The van der Waals surface area contributed by atoms with Crippen LogP contribution < -0.4 is 10.7 Å². The first kappa shape index (κ1) is 26.6. The largest absolute Gasteiger partial charge is 0.476 e. The van der Waals surface area contributed by atoms with Crippen molar-refractivity contribution in [2.75, 3.05) is 24.3 Å². The molecule has 1 unspecified atom stereocenters. The van der Waals surface area contributed by atoms with Crippen LogP contribution in [-0.2, 0) is 4.74 Å². The molecular formula is C27H32N6O5. The van der Waals surface area contributed by atoms with E-state index in [0.29, 0.717) is 35.7 Å². The Hall–Kier alpha value is -4.41. The number of aromatic nitrogens is 3. The first-order chi connectivity index (χ1) is 18.0. The van der Waals surface area contributed by atoms with Gasteiger partial charge in [-0.05, 0) is 70.4 Å². The average Bonchev–Trinajstić information content (AvgIpc) is 3.48. The number of rotatable bonds is 6. The lowest BCUT2D eigenvalue weighted by Crippen LogP contribution is -2.37. The van der Waals surface area contributed by atoms with Crippen LogP contribution in [0.15, 0.2) is 42.6 Å². The first-order valence-electron chi connectivity index (χ1n) is 12.4. The number of nitrogens with one attached hydrogen (secondary N) is 2. The fourth-order valence-corrected chi connectivity index (χ4v) is 4.43. The second kappa shape index (κ2) is 10.5. The zero-order chi connectivity index (χ0) is 27.6. The molecule has 2 aromatic heterocycles. The number of benzene rings is 1. The molecule has 0 spiro atoms. The van der Waals surface area contributed by atoms with E-state index in [2.05, 4.69) is 15.7 Å². The van der Waals surface area contributed by atoms with Crippen molar-refractivity contribution in [3.05, 3.63) is 65.2 Å². The highest BCUT2D eigenvalue weighted by molar-refractivity contribution is 6.04. The molecule has 1 aromatic carbocycles. The number of amides is 2. The van der Waals surface area contributed by atoms with Gasteiger partial charge in [-0.2, -0.15) is 0 Å². The molecule has 1 aliphatic rings. The molecular weight excluding hydrogens is 488 g/mol. The van der Waals surface area contributed by atoms with Gasteiger partial charge in [0.2, 0.25) is 0 Å². The van der Waals surface area contributed by atoms with Gasteiger partial charge in [0.05, 0.1) is 6.04 Å². The van der Waals surface area contributed by atoms with E-state index in [4.69, 9.17) is 9.72 Å². The zero-order valence-electron chi connectivity index (χ0n) is 22.1. The summed E-state index contributed by atoms with van der Waals surface area (Å²) < 4.78 is 6.97. The predicted molar refractivity (Wildman–Crippen MR) is 142 cm³/mol. The molecule has 3 N–H and O–H groups in total. The van der Waals surface area contributed by atoms with Gasteiger partial charge >= 0.3 is 12.1 Å². The van der Waals surface area contributed by atoms with Gasteiger partial charge < -0.3 is 20.6 Å². The number of carbonyl (C=O) groups excluding carboxylic acids is 2. The van der Waals surface area contributed by atoms with Gasteiger partial charge in [-0.1, -0.05) is 12.1 Å². The maximum absolute atomic E-state index is 12.9. The van der Waals surface area contributed by atoms with Crippen LogP contribution in [-0.4, -0.2) is 61.8 Å². The van der Waals surface area contributed by atoms with Crippen molar-refractivity contribution in [1.82, 2.24) is 19.5 Å². The van der Waals surface area contributed by atoms with E-state index in [-0.39, 0.29) is 17.3 Å². The molecule has 1 fully saturated rings. The Labute approximate surface area is 220 Å². The number of carboxylic acids is 1. The quantitative estimate of drug-likeness (QED) is 0.433. The molecule has 38 heavy (non-hydrogen) atoms. The third-order valence-corrected chi connectivity index (χ3v) is 6.09. The van der Waals surface area contributed by atoms with E-state index >= 15 is 0 Å². The number of carboxylic acid groups (broad SMARTS) is 1. The number of anilines is 1. The molecule has 1 atom stereocenters. The van der Waals surface area contributed by atoms with Crippen molar-refractivity contribution in [1.29, 1.82) is 0 Å². The summed E-state index contributed by atoms with van der Waals surface area (Å²) in [7, 11) is 1.60. The molecule has 3 aromatic rings. The minimum absolute atomic E-state index is 0.0697. The molecule has 200 valence electrons. The summed E-state index contributed by atoms with van der Waals surface area (Å²) in [5, 5.41) is 12.8. The first-order valence-corrected chi connectivity index (χ1v) is 12.4. The second-order valence-electron chi connectivity index (χ2n) is 10.1. The number of hydrogen-bond donors (Lipinski definition) is 3. The predicted octanol–water partition coefficient (Wildman–Crippen LogP) is 4.45. The summed E-state index contributed by atoms with van der Waals surface area (Å²) in [4.78, 5) is 48.3. The van der Waals surface area contributed by atoms with Crippen LogP contribution >= 0.6 is 0 Å². The minimum Gasteiger partial charge on any atom is -0.476 e. The van der Waals surface area contributed by atoms with Crippen molar-refractivity contribution in [2.45, 2.75) is 52.2 Å². The molecule has 0 saturated carbocycles. The van der Waals surface area contributed by atoms with Gasteiger partial charge in [0.15, 0.2) is 11.5 Å². The normalized spacial score (nSPS) is 15.3. The van der Waals surface area contributed by atoms with Gasteiger partial charge in [0.1, 0.15) is 17.1 Å². The van der Waals surface area contributed by atoms with E-state index in [0.717, 1.165) is 12.0 Å². The topological polar surface area (TPSA) is 139 Å². The summed E-state index contributed by atoms with van der Waals surface area (Å²) in [6, 6.07) is 9.65. The Morgan fingerprint density at radius 3 is 2.45 bits per heavy atom. The SMILES string of the molecule is CNn1c(C2CCCN2C(=O)OC(C)(C)C)nc(-c2ccc(C(=O)Nc3cc(C)ccn3)cc2)c1C(=O)O. The van der Waals surface area contributed by atoms with Gasteiger partial charge in [-0.3, -0.25) is 9.69 Å². The third kappa shape index (κ3) is 5.61. The number of aromatic carboxylic acids is 1. The van der Waals surface area contributed by atoms with Crippen molar-refractivity contribution in [3.63, 3.8) is 0 Å². The molecule has 3 heterocycles. The molecule has 1 aliphatic heterocycles. The number of ether oxygens (including phenoxy) is 1. The Kier molecular flexibility index (Phi) is 7.38. The molecule has 2 amide bonds. The van der Waals surface area contributed by atoms with Crippen molar-refractivity contribution in [2.24, 2.45) is 0 Å². The van der Waals surface area contributed by atoms with E-state index < -0.39 is 23.7 Å². The lowest BCUT2D eigenvalue weighted by molar-refractivity contribution is 0.0216. The van der Waals surface area contributed by atoms with Gasteiger partial charge in [0, 0.05) is 30.9 Å². The number of imidazole rings is 1. The molecule has 11 nitrogen and oxygen atoms in total. The summed E-state index contributed by atoms with van der Waals surface area (Å²) in [6.07, 6.45) is 2.49. The van der Waals surface area contributed by atoms with Crippen molar-refractivity contribution >= 4 is 23.8 Å². The average molecular weight is 521 g/mol. The van der Waals surface area contributed by atoms with Crippen LogP contribution in [0.25, 0.3) is 11.3 Å². The van der Waals surface area contributed by atoms with Crippen LogP contribution in [0.2, 0.25) is 0 Å². The van der Waals surface area contributed by atoms with Gasteiger partial charge in [-0.25, -0.2) is 24.2 Å². The Balaban J connectivity index is 1.65. The monoisotopic (exact) mass is 520 g/mol. The Morgan fingerprint density at radius 2 is 1.84 bits per heavy atom. The van der Waals surface area contributed by atoms with Gasteiger partial charge in [0.25, 0.3) is 5.91 Å². The summed E-state index contributed by atoms with van der Waals surface area (Å²) in [6.45, 7) is 7.78. The maximum Gasteiger partial charge on any atom is 0.410 e. The fourth-order valence-electron chi connectivity index (χ4n) is 4.43. The van der Waals surface area contributed by atoms with Crippen LogP contribution in [0.3, 0.4) is 0 Å². The highest BCUT2D eigenvalue weighted by Gasteiger charge is 2.38. The molecule has 0 bridgehead atoms. The number of carbonyl (C=O) groups is 3. The molecule has 1 saturated heterocycles. The maximum atomic E-state index is 12.9. The zero-order valence-corrected chi connectivity index (χ0v) is 22.1. The van der Waals surface area contributed by atoms with E-state index in [9.17, 15) is 19.5 Å². The highest BCUT2D eigenvalue weighted by atomic mass is 16.6. The van der Waals surface area contributed by atoms with E-state index in [1.165, 1.54) is 4.68 Å². The highest BCUT2D eigenvalue weighted by Crippen LogP contribution is 2.35. The number of nitrogens with zero attached hydrogens (tertiary/aromatic N) is 4. The van der Waals surface area contributed by atoms with Crippen LogP contribution in [0.4, 0.5) is 10.6 Å². The fraction of sp³-hybridized carbons (Fsp3) is 0.370. The molecule has 11 heteroatoms. The summed E-state index contributed by atoms with van der Waals surface area (Å²) in [5.74, 6) is -0.679. The second-order valence-corrected chi connectivity index (χ2v) is 10.1. The number of aryl methyl sites for hydroxylation is 1. The molecule has 4 rings (SSSR count). The Morgan fingerprint density at radius 1 is 1.13 bits per heavy atom. The number of likely N-dealkylation sites (tertiary alicyclic amines) is 1. The van der Waals surface area contributed by atoms with E-state index in [1.807, 2.05) is 13.0 Å². The molecule has 0 radical (unpaired) electrons. The smallest absolute Gasteiger partial charge is 0.410 e. The number of hydrogen-bond acceptors (Lipinski definition) is 7. The summed E-state index contributed by atoms with van der Waals surface area (Å²) >= 11 is 0. The van der Waals surface area contributed by atoms with Crippen LogP contribution in [0.5, 0.6) is 0 Å². The third-order valence-electron chi connectivity index (χ3n) is 6.09. The number of pyridine rings is 1. The summed E-state index contributed by atoms with van der Waals surface area (Å²) in [5.41, 5.74) is 4.27. The van der Waals surface area contributed by atoms with Crippen LogP contribution in [0.1, 0.15) is 71.9 Å². The van der Waals surface area contributed by atoms with Crippen molar-refractivity contribution < 1.29 is 24.2 Å². The lowest BCUT2D eigenvalue weighted by atomic mass is 10.1. The van der Waals surface area contributed by atoms with E-state index in [1.54, 1.807) is 69.2 Å².